The first-order chi connectivity index (χ1) is 10.1. The van der Waals surface area contributed by atoms with E-state index in [0.29, 0.717) is 4.88 Å². The van der Waals surface area contributed by atoms with E-state index in [1.807, 2.05) is 18.2 Å². The number of ether oxygens (including phenoxy) is 1. The minimum atomic E-state index is -0.913. The molecule has 1 atom stereocenters. The molecule has 4 nitrogen and oxygen atoms in total. The number of thiophene rings is 1. The minimum Gasteiger partial charge on any atom is -0.448 e. The van der Waals surface area contributed by atoms with Crippen LogP contribution in [-0.2, 0) is 22.4 Å². The average Bonchev–Trinajstić information content (AvgIpc) is 2.91. The third kappa shape index (κ3) is 2.56. The van der Waals surface area contributed by atoms with Gasteiger partial charge in [-0.1, -0.05) is 24.3 Å². The Morgan fingerprint density at radius 3 is 2.71 bits per heavy atom. The van der Waals surface area contributed by atoms with Gasteiger partial charge in [-0.2, -0.15) is 0 Å². The van der Waals surface area contributed by atoms with Crippen molar-refractivity contribution in [2.45, 2.75) is 25.9 Å². The summed E-state index contributed by atoms with van der Waals surface area (Å²) in [5.41, 5.74) is 8.76. The zero-order chi connectivity index (χ0) is 15.0. The summed E-state index contributed by atoms with van der Waals surface area (Å²) in [5, 5.41) is 0. The van der Waals surface area contributed by atoms with E-state index < -0.39 is 18.0 Å². The molecule has 1 aliphatic rings. The Morgan fingerprint density at radius 1 is 1.24 bits per heavy atom. The first kappa shape index (κ1) is 13.8. The lowest BCUT2D eigenvalue weighted by Gasteiger charge is -2.15. The molecule has 0 radical (unpaired) electrons. The monoisotopic (exact) mass is 301 g/mol. The second-order valence-corrected chi connectivity index (χ2v) is 6.12. The lowest BCUT2D eigenvalue weighted by molar-refractivity contribution is -0.125. The number of benzene rings is 1. The summed E-state index contributed by atoms with van der Waals surface area (Å²) in [4.78, 5) is 24.7. The molecular formula is C16H15NO3S. The molecule has 1 aliphatic carbocycles. The smallest absolute Gasteiger partial charge is 0.349 e. The molecule has 0 spiro atoms. The van der Waals surface area contributed by atoms with Gasteiger partial charge in [0.2, 0.25) is 0 Å². The molecule has 21 heavy (non-hydrogen) atoms. The molecule has 0 saturated heterocycles. The summed E-state index contributed by atoms with van der Waals surface area (Å²) in [6.45, 7) is 1.48. The van der Waals surface area contributed by atoms with Crippen LogP contribution in [0.25, 0.3) is 10.4 Å². The van der Waals surface area contributed by atoms with Gasteiger partial charge in [-0.15, -0.1) is 11.3 Å². The maximum atomic E-state index is 12.1. The quantitative estimate of drug-likeness (QED) is 0.886. The van der Waals surface area contributed by atoms with Crippen molar-refractivity contribution in [3.8, 4) is 10.4 Å². The number of carbonyl (C=O) groups is 2. The van der Waals surface area contributed by atoms with Crippen LogP contribution in [0.1, 0.15) is 27.7 Å². The summed E-state index contributed by atoms with van der Waals surface area (Å²) in [6, 6.07) is 10.1. The Labute approximate surface area is 126 Å². The summed E-state index contributed by atoms with van der Waals surface area (Å²) in [7, 11) is 0. The molecule has 1 amide bonds. The van der Waals surface area contributed by atoms with Gasteiger partial charge >= 0.3 is 5.97 Å². The molecule has 1 heterocycles. The normalized spacial score (nSPS) is 14.0. The predicted molar refractivity (Wildman–Crippen MR) is 81.2 cm³/mol. The van der Waals surface area contributed by atoms with Crippen molar-refractivity contribution in [1.82, 2.24) is 0 Å². The Bertz CT molecular complexity index is 720. The molecule has 1 aromatic heterocycles. The molecule has 0 saturated carbocycles. The second-order valence-electron chi connectivity index (χ2n) is 5.07. The second kappa shape index (κ2) is 5.33. The Kier molecular flexibility index (Phi) is 3.51. The Morgan fingerprint density at radius 2 is 1.95 bits per heavy atom. The number of carbonyl (C=O) groups excluding carboxylic acids is 2. The maximum Gasteiger partial charge on any atom is 0.349 e. The Balaban J connectivity index is 1.90. The zero-order valence-electron chi connectivity index (χ0n) is 11.6. The van der Waals surface area contributed by atoms with E-state index in [2.05, 4.69) is 12.1 Å². The number of rotatable bonds is 3. The molecule has 2 aromatic rings. The van der Waals surface area contributed by atoms with E-state index in [4.69, 9.17) is 10.5 Å². The standard InChI is InChI=1S/C16H15NO3S/c1-9(15(17)18)20-16(19)13-8-11-7-6-10-4-2-3-5-12(10)14(11)21-13/h2-5,8-9H,6-7H2,1H3,(H2,17,18). The third-order valence-corrected chi connectivity index (χ3v) is 4.81. The van der Waals surface area contributed by atoms with Crippen LogP contribution in [0.2, 0.25) is 0 Å². The predicted octanol–water partition coefficient (Wildman–Crippen LogP) is 2.54. The summed E-state index contributed by atoms with van der Waals surface area (Å²) in [6.07, 6.45) is 0.983. The van der Waals surface area contributed by atoms with Crippen LogP contribution in [0.5, 0.6) is 0 Å². The number of hydrogen-bond donors (Lipinski definition) is 1. The molecule has 1 unspecified atom stereocenters. The molecule has 0 aliphatic heterocycles. The van der Waals surface area contributed by atoms with Crippen LogP contribution < -0.4 is 5.73 Å². The topological polar surface area (TPSA) is 69.4 Å². The third-order valence-electron chi connectivity index (χ3n) is 3.62. The summed E-state index contributed by atoms with van der Waals surface area (Å²) in [5.74, 6) is -1.13. The largest absolute Gasteiger partial charge is 0.448 e. The molecule has 2 N–H and O–H groups in total. The maximum absolute atomic E-state index is 12.1. The fourth-order valence-electron chi connectivity index (χ4n) is 2.45. The van der Waals surface area contributed by atoms with Crippen LogP contribution in [0.3, 0.4) is 0 Å². The van der Waals surface area contributed by atoms with E-state index in [1.54, 1.807) is 0 Å². The lowest BCUT2D eigenvalue weighted by atomic mass is 9.91. The number of hydrogen-bond acceptors (Lipinski definition) is 4. The van der Waals surface area contributed by atoms with Gasteiger partial charge in [0.25, 0.3) is 5.91 Å². The zero-order valence-corrected chi connectivity index (χ0v) is 12.4. The van der Waals surface area contributed by atoms with Crippen molar-refractivity contribution in [2.24, 2.45) is 5.73 Å². The number of amides is 1. The van der Waals surface area contributed by atoms with Gasteiger partial charge in [0.15, 0.2) is 6.10 Å². The van der Waals surface area contributed by atoms with Gasteiger partial charge in [0.05, 0.1) is 0 Å². The van der Waals surface area contributed by atoms with E-state index in [1.165, 1.54) is 29.4 Å². The van der Waals surface area contributed by atoms with E-state index in [-0.39, 0.29) is 0 Å². The molecular weight excluding hydrogens is 286 g/mol. The number of primary amides is 1. The Hall–Kier alpha value is -2.14. The number of nitrogens with two attached hydrogens (primary N) is 1. The van der Waals surface area contributed by atoms with E-state index in [0.717, 1.165) is 23.3 Å². The molecule has 5 heteroatoms. The first-order valence-corrected chi connectivity index (χ1v) is 7.59. The van der Waals surface area contributed by atoms with Crippen molar-refractivity contribution in [2.75, 3.05) is 0 Å². The molecule has 108 valence electrons. The van der Waals surface area contributed by atoms with Crippen LogP contribution in [0, 0.1) is 0 Å². The molecule has 0 fully saturated rings. The van der Waals surface area contributed by atoms with Gasteiger partial charge in [0.1, 0.15) is 4.88 Å². The molecule has 3 rings (SSSR count). The van der Waals surface area contributed by atoms with E-state index >= 15 is 0 Å². The van der Waals surface area contributed by atoms with Crippen molar-refractivity contribution >= 4 is 23.2 Å². The molecule has 1 aromatic carbocycles. The number of esters is 1. The number of aryl methyl sites for hydroxylation is 2. The van der Waals surface area contributed by atoms with E-state index in [9.17, 15) is 9.59 Å². The van der Waals surface area contributed by atoms with Crippen molar-refractivity contribution < 1.29 is 14.3 Å². The summed E-state index contributed by atoms with van der Waals surface area (Å²) < 4.78 is 5.06. The van der Waals surface area contributed by atoms with Crippen LogP contribution in [-0.4, -0.2) is 18.0 Å². The van der Waals surface area contributed by atoms with Crippen LogP contribution in [0.4, 0.5) is 0 Å². The highest BCUT2D eigenvalue weighted by molar-refractivity contribution is 7.17. The van der Waals surface area contributed by atoms with Gasteiger partial charge in [-0.3, -0.25) is 4.79 Å². The van der Waals surface area contributed by atoms with Gasteiger partial charge in [0, 0.05) is 4.88 Å². The van der Waals surface area contributed by atoms with Crippen molar-refractivity contribution in [3.05, 3.63) is 46.3 Å². The SMILES string of the molecule is CC(OC(=O)c1cc2c(s1)-c1ccccc1CC2)C(N)=O. The highest BCUT2D eigenvalue weighted by Gasteiger charge is 2.23. The lowest BCUT2D eigenvalue weighted by Crippen LogP contribution is -2.30. The van der Waals surface area contributed by atoms with Crippen LogP contribution in [0.15, 0.2) is 30.3 Å². The van der Waals surface area contributed by atoms with Crippen molar-refractivity contribution in [1.29, 1.82) is 0 Å². The number of fused-ring (bicyclic) bond motifs is 3. The van der Waals surface area contributed by atoms with Gasteiger partial charge in [-0.25, -0.2) is 4.79 Å². The van der Waals surface area contributed by atoms with Gasteiger partial charge in [-0.05, 0) is 42.5 Å². The fraction of sp³-hybridized carbons (Fsp3) is 0.250. The van der Waals surface area contributed by atoms with Crippen LogP contribution >= 0.6 is 11.3 Å². The van der Waals surface area contributed by atoms with Gasteiger partial charge < -0.3 is 10.5 Å². The highest BCUT2D eigenvalue weighted by Crippen LogP contribution is 2.39. The average molecular weight is 301 g/mol. The summed E-state index contributed by atoms with van der Waals surface area (Å²) >= 11 is 1.41. The first-order valence-electron chi connectivity index (χ1n) is 6.77. The minimum absolute atomic E-state index is 0.488. The molecule has 0 bridgehead atoms. The highest BCUT2D eigenvalue weighted by atomic mass is 32.1. The fourth-order valence-corrected chi connectivity index (χ4v) is 3.60. The van der Waals surface area contributed by atoms with Crippen molar-refractivity contribution in [3.63, 3.8) is 0 Å².